The smallest absolute Gasteiger partial charge is 0.308 e. The third kappa shape index (κ3) is 3.29. The van der Waals surface area contributed by atoms with Gasteiger partial charge in [-0.2, -0.15) is 0 Å². The van der Waals surface area contributed by atoms with E-state index in [1.54, 1.807) is 0 Å². The number of hydrogen-bond acceptors (Lipinski definition) is 2. The first-order valence-electron chi connectivity index (χ1n) is 7.61. The molecule has 2 nitrogen and oxygen atoms in total. The highest BCUT2D eigenvalue weighted by Gasteiger charge is 2.35. The Morgan fingerprint density at radius 1 is 1.37 bits per heavy atom. The molecule has 0 aromatic heterocycles. The Labute approximate surface area is 116 Å². The van der Waals surface area contributed by atoms with Gasteiger partial charge in [0.05, 0.1) is 5.92 Å². The van der Waals surface area contributed by atoms with Gasteiger partial charge >= 0.3 is 5.97 Å². The number of allylic oxidation sites excluding steroid dienone is 3. The Kier molecular flexibility index (Phi) is 4.49. The van der Waals surface area contributed by atoms with E-state index in [-0.39, 0.29) is 18.0 Å². The minimum absolute atomic E-state index is 0.0150. The number of carbonyl (C=O) groups is 1. The molecule has 0 amide bonds. The first-order valence-corrected chi connectivity index (χ1v) is 7.61. The number of hydrogen-bond donors (Lipinski definition) is 0. The fourth-order valence-corrected chi connectivity index (χ4v) is 3.05. The van der Waals surface area contributed by atoms with E-state index in [1.165, 1.54) is 5.57 Å². The molecule has 0 bridgehead atoms. The lowest BCUT2D eigenvalue weighted by molar-refractivity contribution is -0.157. The fourth-order valence-electron chi connectivity index (χ4n) is 3.05. The third-order valence-electron chi connectivity index (χ3n) is 4.48. The van der Waals surface area contributed by atoms with Crippen LogP contribution in [0, 0.1) is 23.7 Å². The molecule has 0 aliphatic heterocycles. The third-order valence-corrected chi connectivity index (χ3v) is 4.48. The van der Waals surface area contributed by atoms with Crippen molar-refractivity contribution in [2.24, 2.45) is 23.7 Å². The molecule has 0 aromatic rings. The lowest BCUT2D eigenvalue weighted by Crippen LogP contribution is -2.36. The molecule has 0 heterocycles. The Morgan fingerprint density at radius 3 is 2.79 bits per heavy atom. The Morgan fingerprint density at radius 2 is 2.11 bits per heavy atom. The van der Waals surface area contributed by atoms with Crippen LogP contribution in [-0.2, 0) is 9.53 Å². The van der Waals surface area contributed by atoms with Gasteiger partial charge in [0.2, 0.25) is 0 Å². The van der Waals surface area contributed by atoms with E-state index in [4.69, 9.17) is 4.74 Å². The number of fused-ring (bicyclic) bond motifs is 1. The van der Waals surface area contributed by atoms with Gasteiger partial charge in [0.1, 0.15) is 6.10 Å². The van der Waals surface area contributed by atoms with E-state index in [0.717, 1.165) is 19.3 Å². The zero-order chi connectivity index (χ0) is 14.0. The second kappa shape index (κ2) is 5.94. The maximum absolute atomic E-state index is 12.0. The molecular formula is C17H26O2. The SMILES string of the molecule is CCC(C)C(=O)OC1CC(C)C=C2C=CC(C)CC21. The number of esters is 1. The fraction of sp³-hybridized carbons (Fsp3) is 0.706. The van der Waals surface area contributed by atoms with Crippen LogP contribution >= 0.6 is 0 Å². The van der Waals surface area contributed by atoms with Gasteiger partial charge in [-0.05, 0) is 36.7 Å². The Bertz CT molecular complexity index is 394. The van der Waals surface area contributed by atoms with Crippen molar-refractivity contribution in [1.29, 1.82) is 0 Å². The van der Waals surface area contributed by atoms with Gasteiger partial charge in [0.15, 0.2) is 0 Å². The maximum atomic E-state index is 12.0. The molecule has 2 heteroatoms. The van der Waals surface area contributed by atoms with Gasteiger partial charge in [-0.25, -0.2) is 0 Å². The van der Waals surface area contributed by atoms with Crippen LogP contribution in [0.25, 0.3) is 0 Å². The molecule has 0 aromatic carbocycles. The van der Waals surface area contributed by atoms with E-state index >= 15 is 0 Å². The molecular weight excluding hydrogens is 236 g/mol. The molecule has 5 unspecified atom stereocenters. The summed E-state index contributed by atoms with van der Waals surface area (Å²) in [6.45, 7) is 8.43. The van der Waals surface area contributed by atoms with Crippen molar-refractivity contribution < 1.29 is 9.53 Å². The molecule has 106 valence electrons. The Hall–Kier alpha value is -1.05. The van der Waals surface area contributed by atoms with Crippen LogP contribution in [0.2, 0.25) is 0 Å². The molecule has 0 N–H and O–H groups in total. The quantitative estimate of drug-likeness (QED) is 0.715. The van der Waals surface area contributed by atoms with Crippen molar-refractivity contribution in [3.8, 4) is 0 Å². The number of ether oxygens (including phenoxy) is 1. The summed E-state index contributed by atoms with van der Waals surface area (Å²) >= 11 is 0. The first kappa shape index (κ1) is 14.4. The zero-order valence-electron chi connectivity index (χ0n) is 12.6. The number of rotatable bonds is 3. The minimum atomic E-state index is -0.0249. The van der Waals surface area contributed by atoms with Gasteiger partial charge in [-0.3, -0.25) is 4.79 Å². The van der Waals surface area contributed by atoms with Gasteiger partial charge < -0.3 is 4.74 Å². The topological polar surface area (TPSA) is 26.3 Å². The second-order valence-electron chi connectivity index (χ2n) is 6.34. The van der Waals surface area contributed by atoms with Crippen LogP contribution in [0.15, 0.2) is 23.8 Å². The van der Waals surface area contributed by atoms with Crippen LogP contribution < -0.4 is 0 Å². The predicted octanol–water partition coefficient (Wildman–Crippen LogP) is 4.12. The van der Waals surface area contributed by atoms with Crippen LogP contribution in [-0.4, -0.2) is 12.1 Å². The van der Waals surface area contributed by atoms with Crippen molar-refractivity contribution in [2.75, 3.05) is 0 Å². The van der Waals surface area contributed by atoms with E-state index in [9.17, 15) is 4.79 Å². The summed E-state index contributed by atoms with van der Waals surface area (Å²) in [4.78, 5) is 12.0. The molecule has 0 radical (unpaired) electrons. The molecule has 5 atom stereocenters. The summed E-state index contributed by atoms with van der Waals surface area (Å²) < 4.78 is 5.82. The molecule has 2 aliphatic carbocycles. The summed E-state index contributed by atoms with van der Waals surface area (Å²) in [7, 11) is 0. The van der Waals surface area contributed by atoms with Crippen LogP contribution in [0.5, 0.6) is 0 Å². The van der Waals surface area contributed by atoms with E-state index in [1.807, 2.05) is 13.8 Å². The second-order valence-corrected chi connectivity index (χ2v) is 6.34. The van der Waals surface area contributed by atoms with Crippen LogP contribution in [0.1, 0.15) is 47.0 Å². The van der Waals surface area contributed by atoms with Gasteiger partial charge in [0, 0.05) is 5.92 Å². The molecule has 19 heavy (non-hydrogen) atoms. The zero-order valence-corrected chi connectivity index (χ0v) is 12.6. The van der Waals surface area contributed by atoms with Crippen molar-refractivity contribution in [1.82, 2.24) is 0 Å². The van der Waals surface area contributed by atoms with E-state index in [2.05, 4.69) is 32.1 Å². The van der Waals surface area contributed by atoms with Gasteiger partial charge in [-0.15, -0.1) is 0 Å². The molecule has 2 rings (SSSR count). The van der Waals surface area contributed by atoms with Gasteiger partial charge in [0.25, 0.3) is 0 Å². The predicted molar refractivity (Wildman–Crippen MR) is 77.6 cm³/mol. The van der Waals surface area contributed by atoms with Crippen LogP contribution in [0.4, 0.5) is 0 Å². The highest BCUT2D eigenvalue weighted by Crippen LogP contribution is 2.39. The summed E-state index contributed by atoms with van der Waals surface area (Å²) in [5.74, 6) is 1.48. The maximum Gasteiger partial charge on any atom is 0.308 e. The van der Waals surface area contributed by atoms with Crippen molar-refractivity contribution in [3.63, 3.8) is 0 Å². The van der Waals surface area contributed by atoms with E-state index in [0.29, 0.717) is 17.8 Å². The summed E-state index contributed by atoms with van der Waals surface area (Å²) in [6.07, 6.45) is 9.85. The molecule has 0 saturated heterocycles. The summed E-state index contributed by atoms with van der Waals surface area (Å²) in [6, 6.07) is 0. The molecule has 0 saturated carbocycles. The lowest BCUT2D eigenvalue weighted by atomic mass is 9.73. The summed E-state index contributed by atoms with van der Waals surface area (Å²) in [5, 5.41) is 0. The van der Waals surface area contributed by atoms with E-state index < -0.39 is 0 Å². The molecule has 0 spiro atoms. The normalized spacial score (nSPS) is 35.3. The van der Waals surface area contributed by atoms with Crippen molar-refractivity contribution in [2.45, 2.75) is 53.1 Å². The highest BCUT2D eigenvalue weighted by atomic mass is 16.5. The van der Waals surface area contributed by atoms with Crippen molar-refractivity contribution in [3.05, 3.63) is 23.8 Å². The largest absolute Gasteiger partial charge is 0.461 e. The van der Waals surface area contributed by atoms with Crippen LogP contribution in [0.3, 0.4) is 0 Å². The average Bonchev–Trinajstić information content (AvgIpc) is 2.38. The average molecular weight is 262 g/mol. The highest BCUT2D eigenvalue weighted by molar-refractivity contribution is 5.72. The molecule has 2 aliphatic rings. The van der Waals surface area contributed by atoms with Crippen molar-refractivity contribution >= 4 is 5.97 Å². The summed E-state index contributed by atoms with van der Waals surface area (Å²) in [5.41, 5.74) is 1.37. The van der Waals surface area contributed by atoms with Gasteiger partial charge in [-0.1, -0.05) is 45.9 Å². The monoisotopic (exact) mass is 262 g/mol. The molecule has 0 fully saturated rings. The first-order chi connectivity index (χ1) is 9.01. The standard InChI is InChI=1S/C17H26O2/c1-5-13(4)17(18)19-16-10-12(3)8-14-7-6-11(2)9-15(14)16/h6-8,11-13,15-16H,5,9-10H2,1-4H3. The Balaban J connectivity index is 2.11. The minimum Gasteiger partial charge on any atom is -0.461 e. The lowest BCUT2D eigenvalue weighted by Gasteiger charge is -2.37. The number of carbonyl (C=O) groups excluding carboxylic acids is 1.